The van der Waals surface area contributed by atoms with Crippen molar-refractivity contribution in [3.05, 3.63) is 66.1 Å². The fraction of sp³-hybridized carbons (Fsp3) is 0.200. The number of aryl methyl sites for hydroxylation is 1. The predicted octanol–water partition coefficient (Wildman–Crippen LogP) is 3.48. The lowest BCUT2D eigenvalue weighted by Gasteiger charge is -2.06. The van der Waals surface area contributed by atoms with Crippen LogP contribution >= 0.6 is 0 Å². The molecule has 0 saturated heterocycles. The highest BCUT2D eigenvalue weighted by atomic mass is 16.5. The van der Waals surface area contributed by atoms with E-state index in [1.165, 1.54) is 0 Å². The molecule has 0 aliphatic heterocycles. The number of hydrogen-bond acceptors (Lipinski definition) is 6. The van der Waals surface area contributed by atoms with Crippen LogP contribution in [0.5, 0.6) is 0 Å². The number of carbonyl (C=O) groups is 2. The molecule has 3 aromatic rings. The second-order valence-electron chi connectivity index (χ2n) is 5.72. The maximum absolute atomic E-state index is 12.2. The average Bonchev–Trinajstić information content (AvgIpc) is 3.17. The van der Waals surface area contributed by atoms with E-state index in [4.69, 9.17) is 9.15 Å². The number of esters is 1. The quantitative estimate of drug-likeness (QED) is 0.644. The van der Waals surface area contributed by atoms with Gasteiger partial charge in [0.15, 0.2) is 0 Å². The molecule has 0 radical (unpaired) electrons. The van der Waals surface area contributed by atoms with Gasteiger partial charge in [0.2, 0.25) is 17.7 Å². The van der Waals surface area contributed by atoms with Gasteiger partial charge in [-0.25, -0.2) is 4.79 Å². The SMILES string of the molecule is CCOC(=O)c1cccc(NC(=O)CCc2nnc(-c3ccccc3)o2)c1. The monoisotopic (exact) mass is 365 g/mol. The normalized spacial score (nSPS) is 10.4. The number of ether oxygens (including phenoxy) is 1. The van der Waals surface area contributed by atoms with Crippen molar-refractivity contribution in [2.24, 2.45) is 0 Å². The fourth-order valence-electron chi connectivity index (χ4n) is 2.43. The zero-order valence-corrected chi connectivity index (χ0v) is 14.8. The third-order valence-electron chi connectivity index (χ3n) is 3.71. The highest BCUT2D eigenvalue weighted by Gasteiger charge is 2.12. The molecule has 1 heterocycles. The Kier molecular flexibility index (Phi) is 5.94. The van der Waals surface area contributed by atoms with Gasteiger partial charge in [0.25, 0.3) is 0 Å². The minimum Gasteiger partial charge on any atom is -0.462 e. The predicted molar refractivity (Wildman–Crippen MR) is 99.1 cm³/mol. The zero-order valence-electron chi connectivity index (χ0n) is 14.8. The Morgan fingerprint density at radius 3 is 2.67 bits per heavy atom. The van der Waals surface area contributed by atoms with Crippen molar-refractivity contribution < 1.29 is 18.7 Å². The Hall–Kier alpha value is -3.48. The van der Waals surface area contributed by atoms with E-state index in [0.717, 1.165) is 5.56 Å². The molecule has 7 nitrogen and oxygen atoms in total. The van der Waals surface area contributed by atoms with E-state index in [1.807, 2.05) is 30.3 Å². The van der Waals surface area contributed by atoms with Crippen molar-refractivity contribution in [2.75, 3.05) is 11.9 Å². The fourth-order valence-corrected chi connectivity index (χ4v) is 2.43. The van der Waals surface area contributed by atoms with Crippen molar-refractivity contribution in [3.8, 4) is 11.5 Å². The van der Waals surface area contributed by atoms with E-state index in [-0.39, 0.29) is 12.3 Å². The standard InChI is InChI=1S/C20H19N3O4/c1-2-26-20(25)15-9-6-10-16(13-15)21-17(24)11-12-18-22-23-19(27-18)14-7-4-3-5-8-14/h3-10,13H,2,11-12H2,1H3,(H,21,24). The smallest absolute Gasteiger partial charge is 0.338 e. The summed E-state index contributed by atoms with van der Waals surface area (Å²) in [6, 6.07) is 16.0. The summed E-state index contributed by atoms with van der Waals surface area (Å²) in [7, 11) is 0. The summed E-state index contributed by atoms with van der Waals surface area (Å²) >= 11 is 0. The van der Waals surface area contributed by atoms with Crippen LogP contribution in [-0.2, 0) is 16.0 Å². The lowest BCUT2D eigenvalue weighted by Crippen LogP contribution is -2.13. The number of aromatic nitrogens is 2. The van der Waals surface area contributed by atoms with Crippen LogP contribution in [0.15, 0.2) is 59.0 Å². The lowest BCUT2D eigenvalue weighted by atomic mass is 10.2. The van der Waals surface area contributed by atoms with Crippen molar-refractivity contribution in [3.63, 3.8) is 0 Å². The van der Waals surface area contributed by atoms with Gasteiger partial charge in [0.05, 0.1) is 12.2 Å². The summed E-state index contributed by atoms with van der Waals surface area (Å²) in [5.41, 5.74) is 1.75. The van der Waals surface area contributed by atoms with Crippen LogP contribution in [-0.4, -0.2) is 28.7 Å². The summed E-state index contributed by atoms with van der Waals surface area (Å²) in [5.74, 6) is 0.181. The van der Waals surface area contributed by atoms with Gasteiger partial charge in [-0.3, -0.25) is 4.79 Å². The van der Waals surface area contributed by atoms with Crippen LogP contribution in [0.2, 0.25) is 0 Å². The highest BCUT2D eigenvalue weighted by molar-refractivity contribution is 5.94. The minimum absolute atomic E-state index is 0.181. The second kappa shape index (κ2) is 8.75. The lowest BCUT2D eigenvalue weighted by molar-refractivity contribution is -0.116. The molecule has 0 unspecified atom stereocenters. The van der Waals surface area contributed by atoms with Crippen LogP contribution in [0, 0.1) is 0 Å². The Balaban J connectivity index is 1.55. The molecule has 0 atom stereocenters. The molecule has 1 N–H and O–H groups in total. The van der Waals surface area contributed by atoms with Gasteiger partial charge in [0.1, 0.15) is 0 Å². The van der Waals surface area contributed by atoms with Crippen LogP contribution < -0.4 is 5.32 Å². The van der Waals surface area contributed by atoms with Crippen molar-refractivity contribution in [1.82, 2.24) is 10.2 Å². The van der Waals surface area contributed by atoms with E-state index in [9.17, 15) is 9.59 Å². The number of benzene rings is 2. The highest BCUT2D eigenvalue weighted by Crippen LogP contribution is 2.18. The first kappa shape index (κ1) is 18.3. The molecule has 27 heavy (non-hydrogen) atoms. The third-order valence-corrected chi connectivity index (χ3v) is 3.71. The molecule has 3 rings (SSSR count). The van der Waals surface area contributed by atoms with Gasteiger partial charge in [-0.05, 0) is 37.3 Å². The first-order valence-corrected chi connectivity index (χ1v) is 8.60. The Morgan fingerprint density at radius 2 is 1.89 bits per heavy atom. The molecular formula is C20H19N3O4. The third kappa shape index (κ3) is 5.01. The largest absolute Gasteiger partial charge is 0.462 e. The van der Waals surface area contributed by atoms with E-state index in [1.54, 1.807) is 31.2 Å². The number of nitrogens with one attached hydrogen (secondary N) is 1. The molecule has 138 valence electrons. The zero-order chi connectivity index (χ0) is 19.1. The summed E-state index contributed by atoms with van der Waals surface area (Å²) in [6.45, 7) is 2.04. The number of carbonyl (C=O) groups excluding carboxylic acids is 2. The maximum Gasteiger partial charge on any atom is 0.338 e. The molecule has 0 bridgehead atoms. The topological polar surface area (TPSA) is 94.3 Å². The molecule has 1 amide bonds. The van der Waals surface area contributed by atoms with E-state index in [0.29, 0.717) is 36.1 Å². The van der Waals surface area contributed by atoms with Crippen LogP contribution in [0.3, 0.4) is 0 Å². The first-order chi connectivity index (χ1) is 13.2. The van der Waals surface area contributed by atoms with Gasteiger partial charge in [-0.2, -0.15) is 0 Å². The van der Waals surface area contributed by atoms with Crippen LogP contribution in [0.1, 0.15) is 29.6 Å². The second-order valence-corrected chi connectivity index (χ2v) is 5.72. The number of anilines is 1. The van der Waals surface area contributed by atoms with Gasteiger partial charge >= 0.3 is 5.97 Å². The molecule has 2 aromatic carbocycles. The van der Waals surface area contributed by atoms with Crippen LogP contribution in [0.25, 0.3) is 11.5 Å². The van der Waals surface area contributed by atoms with Crippen LogP contribution in [0.4, 0.5) is 5.69 Å². The summed E-state index contributed by atoms with van der Waals surface area (Å²) in [4.78, 5) is 23.9. The molecule has 0 aliphatic carbocycles. The van der Waals surface area contributed by atoms with E-state index >= 15 is 0 Å². The Morgan fingerprint density at radius 1 is 1.07 bits per heavy atom. The van der Waals surface area contributed by atoms with Gasteiger partial charge < -0.3 is 14.5 Å². The molecule has 0 fully saturated rings. The summed E-state index contributed by atoms with van der Waals surface area (Å²) in [5, 5.41) is 10.7. The van der Waals surface area contributed by atoms with Gasteiger partial charge in [0, 0.05) is 24.1 Å². The number of rotatable bonds is 7. The maximum atomic E-state index is 12.2. The number of nitrogens with zero attached hydrogens (tertiary/aromatic N) is 2. The number of hydrogen-bond donors (Lipinski definition) is 1. The van der Waals surface area contributed by atoms with E-state index in [2.05, 4.69) is 15.5 Å². The molecular weight excluding hydrogens is 346 g/mol. The first-order valence-electron chi connectivity index (χ1n) is 8.60. The molecule has 7 heteroatoms. The summed E-state index contributed by atoms with van der Waals surface area (Å²) in [6.07, 6.45) is 0.503. The van der Waals surface area contributed by atoms with Crippen molar-refractivity contribution >= 4 is 17.6 Å². The van der Waals surface area contributed by atoms with Gasteiger partial charge in [-0.15, -0.1) is 10.2 Å². The molecule has 1 aromatic heterocycles. The molecule has 0 saturated carbocycles. The molecule has 0 aliphatic rings. The van der Waals surface area contributed by atoms with Crippen molar-refractivity contribution in [1.29, 1.82) is 0 Å². The Labute approximate surface area is 156 Å². The van der Waals surface area contributed by atoms with Crippen molar-refractivity contribution in [2.45, 2.75) is 19.8 Å². The Bertz CT molecular complexity index is 922. The average molecular weight is 365 g/mol. The minimum atomic E-state index is -0.423. The van der Waals surface area contributed by atoms with E-state index < -0.39 is 5.97 Å². The number of amides is 1. The van der Waals surface area contributed by atoms with Gasteiger partial charge in [-0.1, -0.05) is 24.3 Å². The molecule has 0 spiro atoms. The summed E-state index contributed by atoms with van der Waals surface area (Å²) < 4.78 is 10.5.